The largest absolute Gasteiger partial charge is 0.492 e. The van der Waals surface area contributed by atoms with Gasteiger partial charge in [0.25, 0.3) is 5.91 Å². The van der Waals surface area contributed by atoms with Crippen molar-refractivity contribution in [2.24, 2.45) is 0 Å². The van der Waals surface area contributed by atoms with Crippen molar-refractivity contribution in [2.75, 3.05) is 13.2 Å². The van der Waals surface area contributed by atoms with Gasteiger partial charge in [0, 0.05) is 6.92 Å². The van der Waals surface area contributed by atoms with Crippen LogP contribution < -0.4 is 14.8 Å². The first-order valence-electron chi connectivity index (χ1n) is 9.85. The second-order valence-electron chi connectivity index (χ2n) is 7.89. The number of nitrogens with zero attached hydrogens (tertiary/aromatic N) is 2. The molecular formula is C23H27N3O4. The zero-order valence-electron chi connectivity index (χ0n) is 17.8. The Labute approximate surface area is 176 Å². The fourth-order valence-electron chi connectivity index (χ4n) is 2.80. The van der Waals surface area contributed by atoms with Crippen LogP contribution in [0.5, 0.6) is 11.5 Å². The minimum absolute atomic E-state index is 0.102. The average Bonchev–Trinajstić information content (AvgIpc) is 3.14. The lowest BCUT2D eigenvalue weighted by molar-refractivity contribution is 0.0942. The molecule has 1 heterocycles. The summed E-state index contributed by atoms with van der Waals surface area (Å²) in [6, 6.07) is 15.1. The van der Waals surface area contributed by atoms with E-state index in [1.165, 1.54) is 5.56 Å². The van der Waals surface area contributed by atoms with Gasteiger partial charge in [-0.15, -0.1) is 0 Å². The molecule has 0 radical (unpaired) electrons. The third-order valence-corrected chi connectivity index (χ3v) is 4.43. The van der Waals surface area contributed by atoms with Crippen LogP contribution in [0.3, 0.4) is 0 Å². The summed E-state index contributed by atoms with van der Waals surface area (Å²) in [5.41, 5.74) is 1.79. The predicted molar refractivity (Wildman–Crippen MR) is 113 cm³/mol. The predicted octanol–water partition coefficient (Wildman–Crippen LogP) is 4.06. The molecule has 0 unspecified atom stereocenters. The summed E-state index contributed by atoms with van der Waals surface area (Å²) in [7, 11) is 0. The molecule has 30 heavy (non-hydrogen) atoms. The normalized spacial score (nSPS) is 11.2. The van der Waals surface area contributed by atoms with Gasteiger partial charge >= 0.3 is 0 Å². The van der Waals surface area contributed by atoms with E-state index < -0.39 is 0 Å². The van der Waals surface area contributed by atoms with Crippen LogP contribution >= 0.6 is 0 Å². The van der Waals surface area contributed by atoms with Crippen LogP contribution in [0, 0.1) is 6.92 Å². The van der Waals surface area contributed by atoms with E-state index in [1.54, 1.807) is 31.2 Å². The number of carbonyl (C=O) groups is 1. The highest BCUT2D eigenvalue weighted by atomic mass is 16.5. The maximum atomic E-state index is 12.6. The van der Waals surface area contributed by atoms with E-state index in [4.69, 9.17) is 14.0 Å². The Balaban J connectivity index is 1.49. The Morgan fingerprint density at radius 2 is 1.80 bits per heavy atom. The summed E-state index contributed by atoms with van der Waals surface area (Å²) in [5.74, 6) is 1.88. The molecule has 0 fully saturated rings. The SMILES string of the molecule is Cc1nc(COc2ccccc2C(=O)NCCOc2ccc(C(C)(C)C)cc2)no1. The van der Waals surface area contributed by atoms with Gasteiger partial charge in [0.2, 0.25) is 11.7 Å². The third kappa shape index (κ3) is 5.83. The van der Waals surface area contributed by atoms with Crippen molar-refractivity contribution in [1.29, 1.82) is 0 Å². The van der Waals surface area contributed by atoms with E-state index >= 15 is 0 Å². The quantitative estimate of drug-likeness (QED) is 0.565. The summed E-state index contributed by atoms with van der Waals surface area (Å²) in [6.07, 6.45) is 0. The summed E-state index contributed by atoms with van der Waals surface area (Å²) in [6.45, 7) is 9.08. The zero-order chi connectivity index (χ0) is 21.6. The van der Waals surface area contributed by atoms with Crippen molar-refractivity contribution in [1.82, 2.24) is 15.5 Å². The number of hydrogen-bond donors (Lipinski definition) is 1. The maximum absolute atomic E-state index is 12.6. The van der Waals surface area contributed by atoms with E-state index in [0.29, 0.717) is 36.2 Å². The molecule has 158 valence electrons. The zero-order valence-corrected chi connectivity index (χ0v) is 17.8. The third-order valence-electron chi connectivity index (χ3n) is 4.43. The van der Waals surface area contributed by atoms with Crippen molar-refractivity contribution in [3.8, 4) is 11.5 Å². The van der Waals surface area contributed by atoms with Crippen LogP contribution in [-0.2, 0) is 12.0 Å². The smallest absolute Gasteiger partial charge is 0.255 e. The molecule has 7 heteroatoms. The number of aromatic nitrogens is 2. The molecule has 0 aliphatic carbocycles. The summed E-state index contributed by atoms with van der Waals surface area (Å²) >= 11 is 0. The van der Waals surface area contributed by atoms with Gasteiger partial charge in [0.1, 0.15) is 18.1 Å². The molecular weight excluding hydrogens is 382 g/mol. The standard InChI is InChI=1S/C23H27N3O4/c1-16-25-21(26-30-16)15-29-20-8-6-5-7-19(20)22(27)24-13-14-28-18-11-9-17(10-12-18)23(2,3)4/h5-12H,13-15H2,1-4H3,(H,24,27). The van der Waals surface area contributed by atoms with Crippen molar-refractivity contribution in [3.05, 3.63) is 71.4 Å². The molecule has 0 aliphatic heterocycles. The van der Waals surface area contributed by atoms with Crippen LogP contribution in [0.2, 0.25) is 0 Å². The maximum Gasteiger partial charge on any atom is 0.255 e. The van der Waals surface area contributed by atoms with E-state index in [2.05, 4.69) is 48.4 Å². The number of para-hydroxylation sites is 1. The van der Waals surface area contributed by atoms with Gasteiger partial charge in [-0.2, -0.15) is 4.98 Å². The minimum Gasteiger partial charge on any atom is -0.492 e. The number of hydrogen-bond acceptors (Lipinski definition) is 6. The molecule has 0 saturated heterocycles. The number of aryl methyl sites for hydroxylation is 1. The Hall–Kier alpha value is -3.35. The lowest BCUT2D eigenvalue weighted by Gasteiger charge is -2.19. The molecule has 1 amide bonds. The van der Waals surface area contributed by atoms with E-state index in [-0.39, 0.29) is 17.9 Å². The molecule has 1 N–H and O–H groups in total. The fraction of sp³-hybridized carbons (Fsp3) is 0.348. The van der Waals surface area contributed by atoms with Gasteiger partial charge in [-0.3, -0.25) is 4.79 Å². The van der Waals surface area contributed by atoms with Crippen molar-refractivity contribution in [3.63, 3.8) is 0 Å². The molecule has 0 atom stereocenters. The summed E-state index contributed by atoms with van der Waals surface area (Å²) in [4.78, 5) is 16.6. The lowest BCUT2D eigenvalue weighted by Crippen LogP contribution is -2.28. The Bertz CT molecular complexity index is 975. The topological polar surface area (TPSA) is 86.5 Å². The molecule has 3 aromatic rings. The summed E-state index contributed by atoms with van der Waals surface area (Å²) in [5, 5.41) is 6.64. The number of ether oxygens (including phenoxy) is 2. The van der Waals surface area contributed by atoms with Gasteiger partial charge in [0.15, 0.2) is 6.61 Å². The van der Waals surface area contributed by atoms with E-state index in [9.17, 15) is 4.79 Å². The van der Waals surface area contributed by atoms with Gasteiger partial charge in [0.05, 0.1) is 12.1 Å². The molecule has 0 spiro atoms. The van der Waals surface area contributed by atoms with Crippen molar-refractivity contribution >= 4 is 5.91 Å². The molecule has 3 rings (SSSR count). The first kappa shape index (κ1) is 21.4. The molecule has 1 aromatic heterocycles. The minimum atomic E-state index is -0.235. The Kier molecular flexibility index (Phi) is 6.72. The van der Waals surface area contributed by atoms with Crippen LogP contribution in [0.1, 0.15) is 48.4 Å². The molecule has 2 aromatic carbocycles. The van der Waals surface area contributed by atoms with Gasteiger partial charge in [-0.1, -0.05) is 50.2 Å². The van der Waals surface area contributed by atoms with Gasteiger partial charge in [-0.05, 0) is 35.2 Å². The highest BCUT2D eigenvalue weighted by Crippen LogP contribution is 2.24. The monoisotopic (exact) mass is 409 g/mol. The first-order valence-corrected chi connectivity index (χ1v) is 9.85. The number of rotatable bonds is 8. The van der Waals surface area contributed by atoms with E-state index in [1.807, 2.05) is 12.1 Å². The molecule has 7 nitrogen and oxygen atoms in total. The van der Waals surface area contributed by atoms with Crippen LogP contribution in [0.4, 0.5) is 0 Å². The van der Waals surface area contributed by atoms with Crippen molar-refractivity contribution in [2.45, 2.75) is 39.7 Å². The molecule has 0 bridgehead atoms. The van der Waals surface area contributed by atoms with Gasteiger partial charge in [-0.25, -0.2) is 0 Å². The highest BCUT2D eigenvalue weighted by molar-refractivity contribution is 5.96. The van der Waals surface area contributed by atoms with Crippen LogP contribution in [0.25, 0.3) is 0 Å². The molecule has 0 aliphatic rings. The summed E-state index contributed by atoms with van der Waals surface area (Å²) < 4.78 is 16.3. The van der Waals surface area contributed by atoms with E-state index in [0.717, 1.165) is 5.75 Å². The number of carbonyl (C=O) groups excluding carboxylic acids is 1. The van der Waals surface area contributed by atoms with Crippen LogP contribution in [-0.4, -0.2) is 29.2 Å². The fourth-order valence-corrected chi connectivity index (χ4v) is 2.80. The van der Waals surface area contributed by atoms with Crippen LogP contribution in [0.15, 0.2) is 53.1 Å². The Morgan fingerprint density at radius 1 is 1.07 bits per heavy atom. The van der Waals surface area contributed by atoms with Crippen molar-refractivity contribution < 1.29 is 18.8 Å². The first-order chi connectivity index (χ1) is 14.3. The average molecular weight is 409 g/mol. The lowest BCUT2D eigenvalue weighted by atomic mass is 9.87. The number of benzene rings is 2. The number of amides is 1. The Morgan fingerprint density at radius 3 is 2.47 bits per heavy atom. The highest BCUT2D eigenvalue weighted by Gasteiger charge is 2.14. The molecule has 0 saturated carbocycles. The number of nitrogens with one attached hydrogen (secondary N) is 1. The van der Waals surface area contributed by atoms with Gasteiger partial charge < -0.3 is 19.3 Å². The second kappa shape index (κ2) is 9.43. The second-order valence-corrected chi connectivity index (χ2v) is 7.89.